The first-order chi connectivity index (χ1) is 7.77. The van der Waals surface area contributed by atoms with Gasteiger partial charge in [0.1, 0.15) is 5.56 Å². The summed E-state index contributed by atoms with van der Waals surface area (Å²) >= 11 is 0. The summed E-state index contributed by atoms with van der Waals surface area (Å²) in [5, 5.41) is 15.5. The summed E-state index contributed by atoms with van der Waals surface area (Å²) in [5.41, 5.74) is 1.01. The minimum atomic E-state index is -0.904. The van der Waals surface area contributed by atoms with Gasteiger partial charge in [-0.3, -0.25) is 10.00 Å². The average Bonchev–Trinajstić information content (AvgIpc) is 2.55. The van der Waals surface area contributed by atoms with Gasteiger partial charge in [0.05, 0.1) is 11.9 Å². The molecule has 0 aromatic carbocycles. The quantitative estimate of drug-likeness (QED) is 0.814. The lowest BCUT2D eigenvalue weighted by Gasteiger charge is -2.18. The largest absolute Gasteiger partial charge is 0.478 e. The number of carboxylic acids is 1. The van der Waals surface area contributed by atoms with Crippen LogP contribution < -0.4 is 0 Å². The monoisotopic (exact) mass is 223 g/mol. The van der Waals surface area contributed by atoms with E-state index in [4.69, 9.17) is 5.11 Å². The molecule has 1 aliphatic heterocycles. The normalized spacial score (nSPS) is 18.2. The molecule has 0 radical (unpaired) electrons. The minimum Gasteiger partial charge on any atom is -0.478 e. The molecule has 2 rings (SSSR count). The molecule has 1 saturated heterocycles. The Morgan fingerprint density at radius 1 is 1.38 bits per heavy atom. The highest BCUT2D eigenvalue weighted by Crippen LogP contribution is 2.14. The minimum absolute atomic E-state index is 0.296. The van der Waals surface area contributed by atoms with E-state index >= 15 is 0 Å². The fourth-order valence-electron chi connectivity index (χ4n) is 2.14. The summed E-state index contributed by atoms with van der Waals surface area (Å²) in [4.78, 5) is 13.2. The molecule has 0 bridgehead atoms. The van der Waals surface area contributed by atoms with Crippen LogP contribution in [0.25, 0.3) is 0 Å². The molecule has 2 N–H and O–H groups in total. The van der Waals surface area contributed by atoms with Crippen LogP contribution >= 0.6 is 0 Å². The molecule has 0 aliphatic carbocycles. The van der Waals surface area contributed by atoms with E-state index < -0.39 is 5.97 Å². The lowest BCUT2D eigenvalue weighted by Crippen LogP contribution is -2.25. The molecule has 1 aromatic heterocycles. The van der Waals surface area contributed by atoms with Gasteiger partial charge in [-0.05, 0) is 25.9 Å². The van der Waals surface area contributed by atoms with Gasteiger partial charge in [0.25, 0.3) is 0 Å². The fourth-order valence-corrected chi connectivity index (χ4v) is 2.14. The number of nitrogens with one attached hydrogen (secondary N) is 1. The summed E-state index contributed by atoms with van der Waals surface area (Å²) < 4.78 is 0. The van der Waals surface area contributed by atoms with Crippen LogP contribution in [0.4, 0.5) is 0 Å². The first-order valence-corrected chi connectivity index (χ1v) is 5.75. The van der Waals surface area contributed by atoms with Gasteiger partial charge in [0.2, 0.25) is 0 Å². The number of likely N-dealkylation sites (tertiary alicyclic amines) is 1. The van der Waals surface area contributed by atoms with E-state index in [1.165, 1.54) is 31.9 Å². The van der Waals surface area contributed by atoms with Crippen molar-refractivity contribution in [1.82, 2.24) is 15.1 Å². The zero-order chi connectivity index (χ0) is 11.4. The molecular formula is C11H17N3O2. The van der Waals surface area contributed by atoms with Gasteiger partial charge >= 0.3 is 5.97 Å². The number of nitrogens with zero attached hydrogens (tertiary/aromatic N) is 2. The van der Waals surface area contributed by atoms with Crippen LogP contribution in [0.15, 0.2) is 6.20 Å². The Morgan fingerprint density at radius 2 is 2.06 bits per heavy atom. The third-order valence-corrected chi connectivity index (χ3v) is 3.03. The van der Waals surface area contributed by atoms with E-state index in [9.17, 15) is 4.79 Å². The number of H-pyrrole nitrogens is 1. The molecule has 1 fully saturated rings. The van der Waals surface area contributed by atoms with Crippen LogP contribution in [0.5, 0.6) is 0 Å². The first kappa shape index (κ1) is 11.1. The summed E-state index contributed by atoms with van der Waals surface area (Å²) in [6, 6.07) is 0. The van der Waals surface area contributed by atoms with Crippen molar-refractivity contribution in [1.29, 1.82) is 0 Å². The highest BCUT2D eigenvalue weighted by Gasteiger charge is 2.16. The Morgan fingerprint density at radius 3 is 2.69 bits per heavy atom. The van der Waals surface area contributed by atoms with Crippen LogP contribution in [0.2, 0.25) is 0 Å². The molecule has 88 valence electrons. The van der Waals surface area contributed by atoms with Gasteiger partial charge in [-0.25, -0.2) is 4.79 Å². The number of aromatic amines is 1. The Kier molecular flexibility index (Phi) is 3.56. The number of aromatic nitrogens is 2. The Labute approximate surface area is 94.5 Å². The molecule has 5 heteroatoms. The lowest BCUT2D eigenvalue weighted by molar-refractivity contribution is 0.0694. The van der Waals surface area contributed by atoms with E-state index in [1.807, 2.05) is 0 Å². The zero-order valence-corrected chi connectivity index (χ0v) is 9.28. The maximum Gasteiger partial charge on any atom is 0.339 e. The van der Waals surface area contributed by atoms with Gasteiger partial charge in [-0.1, -0.05) is 12.8 Å². The van der Waals surface area contributed by atoms with E-state index in [-0.39, 0.29) is 0 Å². The van der Waals surface area contributed by atoms with Crippen LogP contribution in [-0.4, -0.2) is 39.3 Å². The summed E-state index contributed by atoms with van der Waals surface area (Å²) in [6.07, 6.45) is 6.36. The molecule has 2 heterocycles. The second-order valence-corrected chi connectivity index (χ2v) is 4.26. The topological polar surface area (TPSA) is 69.2 Å². The van der Waals surface area contributed by atoms with Gasteiger partial charge < -0.3 is 5.11 Å². The summed E-state index contributed by atoms with van der Waals surface area (Å²) in [5.74, 6) is -0.904. The molecular weight excluding hydrogens is 206 g/mol. The van der Waals surface area contributed by atoms with Crippen LogP contribution in [0.1, 0.15) is 41.7 Å². The van der Waals surface area contributed by atoms with Gasteiger partial charge in [0, 0.05) is 6.54 Å². The summed E-state index contributed by atoms with van der Waals surface area (Å²) in [7, 11) is 0. The average molecular weight is 223 g/mol. The Hall–Kier alpha value is -1.36. The highest BCUT2D eigenvalue weighted by molar-refractivity contribution is 5.88. The molecule has 5 nitrogen and oxygen atoms in total. The molecule has 0 spiro atoms. The SMILES string of the molecule is O=C(O)c1cn[nH]c1CN1CCCCCC1. The second-order valence-electron chi connectivity index (χ2n) is 4.26. The molecule has 0 unspecified atom stereocenters. The van der Waals surface area contributed by atoms with E-state index in [0.29, 0.717) is 12.1 Å². The van der Waals surface area contributed by atoms with Crippen LogP contribution in [0, 0.1) is 0 Å². The third-order valence-electron chi connectivity index (χ3n) is 3.03. The number of rotatable bonds is 3. The van der Waals surface area contributed by atoms with Crippen LogP contribution in [-0.2, 0) is 6.54 Å². The number of aromatic carboxylic acids is 1. The molecule has 0 amide bonds. The van der Waals surface area contributed by atoms with Crippen molar-refractivity contribution in [2.45, 2.75) is 32.2 Å². The van der Waals surface area contributed by atoms with Crippen molar-refractivity contribution in [3.8, 4) is 0 Å². The van der Waals surface area contributed by atoms with Gasteiger partial charge in [-0.2, -0.15) is 5.10 Å². The van der Waals surface area contributed by atoms with Gasteiger partial charge in [-0.15, -0.1) is 0 Å². The fraction of sp³-hybridized carbons (Fsp3) is 0.636. The van der Waals surface area contributed by atoms with E-state index in [1.54, 1.807) is 0 Å². The van der Waals surface area contributed by atoms with E-state index in [0.717, 1.165) is 18.8 Å². The number of hydrogen-bond acceptors (Lipinski definition) is 3. The lowest BCUT2D eigenvalue weighted by atomic mass is 10.2. The molecule has 16 heavy (non-hydrogen) atoms. The van der Waals surface area contributed by atoms with Crippen molar-refractivity contribution in [2.24, 2.45) is 0 Å². The maximum absolute atomic E-state index is 10.9. The molecule has 1 aliphatic rings. The van der Waals surface area contributed by atoms with Crippen molar-refractivity contribution >= 4 is 5.97 Å². The van der Waals surface area contributed by atoms with Crippen molar-refractivity contribution in [3.05, 3.63) is 17.5 Å². The Balaban J connectivity index is 2.01. The van der Waals surface area contributed by atoms with Crippen molar-refractivity contribution in [3.63, 3.8) is 0 Å². The van der Waals surface area contributed by atoms with E-state index in [2.05, 4.69) is 15.1 Å². The number of carbonyl (C=O) groups is 1. The highest BCUT2D eigenvalue weighted by atomic mass is 16.4. The second kappa shape index (κ2) is 5.12. The predicted molar refractivity (Wildman–Crippen MR) is 59.3 cm³/mol. The van der Waals surface area contributed by atoms with Gasteiger partial charge in [0.15, 0.2) is 0 Å². The molecule has 1 aromatic rings. The third kappa shape index (κ3) is 2.61. The van der Waals surface area contributed by atoms with Crippen molar-refractivity contribution < 1.29 is 9.90 Å². The predicted octanol–water partition coefficient (Wildman–Crippen LogP) is 1.48. The number of carboxylic acid groups (broad SMARTS) is 1. The first-order valence-electron chi connectivity index (χ1n) is 5.75. The van der Waals surface area contributed by atoms with Crippen molar-refractivity contribution in [2.75, 3.05) is 13.1 Å². The smallest absolute Gasteiger partial charge is 0.339 e. The maximum atomic E-state index is 10.9. The molecule has 0 atom stereocenters. The number of hydrogen-bond donors (Lipinski definition) is 2. The standard InChI is InChI=1S/C11H17N3O2/c15-11(16)9-7-12-13-10(9)8-14-5-3-1-2-4-6-14/h7H,1-6,8H2,(H,12,13)(H,15,16). The molecule has 0 saturated carbocycles. The zero-order valence-electron chi connectivity index (χ0n) is 9.28. The van der Waals surface area contributed by atoms with Crippen LogP contribution in [0.3, 0.4) is 0 Å². The Bertz CT molecular complexity index is 354. The summed E-state index contributed by atoms with van der Waals surface area (Å²) in [6.45, 7) is 2.78.